The van der Waals surface area contributed by atoms with Crippen LogP contribution in [0.15, 0.2) is 11.9 Å². The van der Waals surface area contributed by atoms with Crippen molar-refractivity contribution in [2.24, 2.45) is 0 Å². The van der Waals surface area contributed by atoms with E-state index in [1.54, 1.807) is 0 Å². The molecular formula is C9H15O8P3. The molecule has 1 fully saturated rings. The summed E-state index contributed by atoms with van der Waals surface area (Å²) < 4.78 is 52.3. The van der Waals surface area contributed by atoms with Crippen molar-refractivity contribution >= 4 is 24.5 Å². The van der Waals surface area contributed by atoms with E-state index in [1.165, 1.54) is 19.0 Å². The van der Waals surface area contributed by atoms with E-state index in [0.717, 1.165) is 0 Å². The number of hydrogen-bond acceptors (Lipinski definition) is 8. The van der Waals surface area contributed by atoms with E-state index in [-0.39, 0.29) is 19.3 Å². The van der Waals surface area contributed by atoms with Crippen LogP contribution in [0, 0.1) is 0 Å². The average molecular weight is 344 g/mol. The molecule has 0 aromatic rings. The normalized spacial score (nSPS) is 30.2. The molecule has 0 amide bonds. The summed E-state index contributed by atoms with van der Waals surface area (Å²) in [6.45, 7) is 0.225. The van der Waals surface area contributed by atoms with Crippen molar-refractivity contribution in [3.63, 3.8) is 0 Å². The Labute approximate surface area is 119 Å². The largest absolute Gasteiger partial charge is 0.387 e. The highest BCUT2D eigenvalue weighted by Gasteiger charge is 2.35. The first-order chi connectivity index (χ1) is 9.56. The van der Waals surface area contributed by atoms with Crippen LogP contribution in [0.2, 0.25) is 0 Å². The molecule has 0 radical (unpaired) electrons. The minimum Gasteiger partial charge on any atom is -0.387 e. The molecule has 3 atom stereocenters. The van der Waals surface area contributed by atoms with Gasteiger partial charge < -0.3 is 19.1 Å². The molecule has 0 aliphatic carbocycles. The lowest BCUT2D eigenvalue weighted by atomic mass is 10.1. The molecule has 0 spiro atoms. The summed E-state index contributed by atoms with van der Waals surface area (Å²) >= 11 is 0. The minimum atomic E-state index is -3.13. The predicted octanol–water partition coefficient (Wildman–Crippen LogP) is 2.00. The lowest BCUT2D eigenvalue weighted by Crippen LogP contribution is -2.30. The fourth-order valence-corrected chi connectivity index (χ4v) is 4.27. The quantitative estimate of drug-likeness (QED) is 0.633. The van der Waals surface area contributed by atoms with Gasteiger partial charge in [0, 0.05) is 7.11 Å². The van der Waals surface area contributed by atoms with Crippen molar-refractivity contribution in [1.82, 2.24) is 0 Å². The van der Waals surface area contributed by atoms with Gasteiger partial charge in [0.15, 0.2) is 7.14 Å². The van der Waals surface area contributed by atoms with Gasteiger partial charge in [-0.25, -0.2) is 9.13 Å². The van der Waals surface area contributed by atoms with Gasteiger partial charge in [-0.2, -0.15) is 0 Å². The van der Waals surface area contributed by atoms with Gasteiger partial charge in [0.1, 0.15) is 31.0 Å². The van der Waals surface area contributed by atoms with E-state index >= 15 is 0 Å². The van der Waals surface area contributed by atoms with E-state index in [0.29, 0.717) is 0 Å². The third-order valence-electron chi connectivity index (χ3n) is 2.68. The van der Waals surface area contributed by atoms with Crippen LogP contribution in [0.1, 0.15) is 0 Å². The van der Waals surface area contributed by atoms with Gasteiger partial charge in [-0.05, 0) is 11.9 Å². The van der Waals surface area contributed by atoms with Crippen LogP contribution in [0.5, 0.6) is 0 Å². The first-order valence-corrected chi connectivity index (χ1v) is 9.16. The number of aliphatic hydroxyl groups excluding tert-OH is 1. The second-order valence-corrected chi connectivity index (χ2v) is 7.56. The highest BCUT2D eigenvalue weighted by Crippen LogP contribution is 2.49. The molecule has 1 aliphatic rings. The van der Waals surface area contributed by atoms with E-state index < -0.39 is 42.8 Å². The Hall–Kier alpha value is -0.0300. The third kappa shape index (κ3) is 5.40. The molecule has 0 bridgehead atoms. The van der Waals surface area contributed by atoms with Crippen LogP contribution in [0.4, 0.5) is 0 Å². The van der Waals surface area contributed by atoms with Crippen molar-refractivity contribution in [2.45, 2.75) is 18.3 Å². The lowest BCUT2D eigenvalue weighted by Gasteiger charge is -2.14. The van der Waals surface area contributed by atoms with Crippen LogP contribution in [0.25, 0.3) is 0 Å². The summed E-state index contributed by atoms with van der Waals surface area (Å²) in [5, 5.41) is 9.84. The topological polar surface area (TPSA) is 108 Å². The maximum Gasteiger partial charge on any atom is 0.327 e. The Morgan fingerprint density at radius 1 is 1.35 bits per heavy atom. The fourth-order valence-electron chi connectivity index (χ4n) is 1.60. The van der Waals surface area contributed by atoms with Gasteiger partial charge in [0.25, 0.3) is 0 Å². The summed E-state index contributed by atoms with van der Waals surface area (Å²) in [4.78, 5) is 0. The third-order valence-corrected chi connectivity index (χ3v) is 5.40. The molecule has 1 rings (SSSR count). The highest BCUT2D eigenvalue weighted by molar-refractivity contribution is 7.67. The standard InChI is InChI=1S/C9H15O8P3/c1-14-8-4-15-7(9(8)10)2-3-20(13,5-16-18-11)6-17-19-12/h2-3,7-10H,4-6H2,1H3/b3-2+/t7-,8+,9-/m1/s1. The zero-order chi connectivity index (χ0) is 15.0. The molecule has 1 heterocycles. The van der Waals surface area contributed by atoms with Crippen molar-refractivity contribution in [1.29, 1.82) is 0 Å². The molecule has 11 heteroatoms. The monoisotopic (exact) mass is 344 g/mol. The number of hydrogen-bond donors (Lipinski definition) is 1. The first kappa shape index (κ1) is 18.0. The van der Waals surface area contributed by atoms with Crippen LogP contribution >= 0.6 is 24.5 Å². The van der Waals surface area contributed by atoms with Crippen LogP contribution in [0.3, 0.4) is 0 Å². The smallest absolute Gasteiger partial charge is 0.327 e. The zero-order valence-electron chi connectivity index (χ0n) is 10.7. The van der Waals surface area contributed by atoms with Crippen molar-refractivity contribution in [3.8, 4) is 0 Å². The molecule has 114 valence electrons. The number of methoxy groups -OCH3 is 1. The molecule has 20 heavy (non-hydrogen) atoms. The summed E-state index contributed by atoms with van der Waals surface area (Å²) in [6, 6.07) is 0. The summed E-state index contributed by atoms with van der Waals surface area (Å²) in [6.07, 6.45) is -1.23. The Balaban J connectivity index is 2.68. The van der Waals surface area contributed by atoms with Crippen molar-refractivity contribution in [2.75, 3.05) is 26.4 Å². The van der Waals surface area contributed by atoms with E-state index in [9.17, 15) is 18.8 Å². The highest BCUT2D eigenvalue weighted by atomic mass is 31.2. The summed E-state index contributed by atoms with van der Waals surface area (Å²) in [7, 11) is -2.90. The number of ether oxygens (including phenoxy) is 2. The molecule has 0 saturated carbocycles. The Morgan fingerprint density at radius 3 is 2.40 bits per heavy atom. The number of rotatable bonds is 9. The molecular weight excluding hydrogens is 329 g/mol. The van der Waals surface area contributed by atoms with E-state index in [2.05, 4.69) is 9.05 Å². The van der Waals surface area contributed by atoms with Gasteiger partial charge >= 0.3 is 17.4 Å². The second kappa shape index (κ2) is 9.08. The van der Waals surface area contributed by atoms with Crippen LogP contribution < -0.4 is 0 Å². The maximum absolute atomic E-state index is 12.4. The average Bonchev–Trinajstić information content (AvgIpc) is 2.81. The lowest BCUT2D eigenvalue weighted by molar-refractivity contribution is 0.0140. The van der Waals surface area contributed by atoms with Crippen molar-refractivity contribution in [3.05, 3.63) is 11.9 Å². The van der Waals surface area contributed by atoms with E-state index in [4.69, 9.17) is 9.47 Å². The Kier molecular flexibility index (Phi) is 8.18. The van der Waals surface area contributed by atoms with Gasteiger partial charge in [-0.15, -0.1) is 0 Å². The maximum atomic E-state index is 12.4. The molecule has 8 nitrogen and oxygen atoms in total. The fraction of sp³-hybridized carbons (Fsp3) is 0.778. The minimum absolute atomic E-state index is 0.225. The number of aliphatic hydroxyl groups is 1. The molecule has 1 saturated heterocycles. The Morgan fingerprint density at radius 2 is 1.95 bits per heavy atom. The first-order valence-electron chi connectivity index (χ1n) is 5.55. The molecule has 1 N–H and O–H groups in total. The second-order valence-electron chi connectivity index (χ2n) is 4.02. The summed E-state index contributed by atoms with van der Waals surface area (Å²) in [5.41, 5.74) is 0. The Bertz CT molecular complexity index is 385. The van der Waals surface area contributed by atoms with Gasteiger partial charge in [-0.1, -0.05) is 0 Å². The van der Waals surface area contributed by atoms with E-state index in [1.807, 2.05) is 0 Å². The molecule has 0 unspecified atom stereocenters. The van der Waals surface area contributed by atoms with Crippen LogP contribution in [-0.2, 0) is 32.2 Å². The SMILES string of the molecule is CO[C@H]1CO[C@H](/C=C/P(=O)(COP=O)COP=O)[C@H]1O. The summed E-state index contributed by atoms with van der Waals surface area (Å²) in [5.74, 6) is 1.29. The van der Waals surface area contributed by atoms with Crippen LogP contribution in [-0.4, -0.2) is 49.8 Å². The molecule has 0 aromatic heterocycles. The molecule has 1 aliphatic heterocycles. The van der Waals surface area contributed by atoms with Crippen molar-refractivity contribution < 1.29 is 37.3 Å². The van der Waals surface area contributed by atoms with Gasteiger partial charge in [0.05, 0.1) is 6.61 Å². The zero-order valence-corrected chi connectivity index (χ0v) is 13.3. The van der Waals surface area contributed by atoms with Gasteiger partial charge in [-0.3, -0.25) is 9.05 Å². The molecule has 0 aromatic carbocycles. The van der Waals surface area contributed by atoms with Gasteiger partial charge in [0.2, 0.25) is 0 Å². The predicted molar refractivity (Wildman–Crippen MR) is 70.4 cm³/mol.